The van der Waals surface area contributed by atoms with Crippen molar-refractivity contribution in [2.24, 2.45) is 0 Å². The predicted molar refractivity (Wildman–Crippen MR) is 84.7 cm³/mol. The SMILES string of the molecule is CCc1ccccc1NC(=O)c1oc2c(F)cccc2c1C. The average molecular weight is 297 g/mol. The third-order valence-corrected chi connectivity index (χ3v) is 3.77. The molecule has 112 valence electrons. The van der Waals surface area contributed by atoms with Crippen molar-refractivity contribution in [1.29, 1.82) is 0 Å². The Balaban J connectivity index is 1.99. The summed E-state index contributed by atoms with van der Waals surface area (Å²) in [6.07, 6.45) is 0.810. The van der Waals surface area contributed by atoms with Crippen LogP contribution in [0.2, 0.25) is 0 Å². The number of furan rings is 1. The number of fused-ring (bicyclic) bond motifs is 1. The molecule has 0 fully saturated rings. The lowest BCUT2D eigenvalue weighted by Crippen LogP contribution is -2.13. The molecule has 1 N–H and O–H groups in total. The molecule has 3 rings (SSSR count). The lowest BCUT2D eigenvalue weighted by atomic mass is 10.1. The van der Waals surface area contributed by atoms with E-state index in [4.69, 9.17) is 4.42 Å². The van der Waals surface area contributed by atoms with Crippen LogP contribution in [0.25, 0.3) is 11.0 Å². The summed E-state index contributed by atoms with van der Waals surface area (Å²) in [5.74, 6) is -0.686. The summed E-state index contributed by atoms with van der Waals surface area (Å²) in [7, 11) is 0. The Labute approximate surface area is 127 Å². The number of carbonyl (C=O) groups excluding carboxylic acids is 1. The first-order valence-electron chi connectivity index (χ1n) is 7.18. The van der Waals surface area contributed by atoms with Crippen molar-refractivity contribution in [2.45, 2.75) is 20.3 Å². The fourth-order valence-corrected chi connectivity index (χ4v) is 2.56. The van der Waals surface area contributed by atoms with Gasteiger partial charge in [0.25, 0.3) is 5.91 Å². The molecule has 1 amide bonds. The number of anilines is 1. The van der Waals surface area contributed by atoms with E-state index in [0.29, 0.717) is 10.9 Å². The number of para-hydroxylation sites is 2. The van der Waals surface area contributed by atoms with Crippen LogP contribution < -0.4 is 5.32 Å². The van der Waals surface area contributed by atoms with E-state index >= 15 is 0 Å². The number of hydrogen-bond acceptors (Lipinski definition) is 2. The molecule has 1 heterocycles. The van der Waals surface area contributed by atoms with Crippen LogP contribution in [0.5, 0.6) is 0 Å². The molecular weight excluding hydrogens is 281 g/mol. The van der Waals surface area contributed by atoms with E-state index in [-0.39, 0.29) is 17.3 Å². The highest BCUT2D eigenvalue weighted by atomic mass is 19.1. The number of benzene rings is 2. The van der Waals surface area contributed by atoms with Crippen LogP contribution in [0, 0.1) is 12.7 Å². The van der Waals surface area contributed by atoms with Gasteiger partial charge < -0.3 is 9.73 Å². The third-order valence-electron chi connectivity index (χ3n) is 3.77. The number of hydrogen-bond donors (Lipinski definition) is 1. The maximum atomic E-state index is 13.8. The summed E-state index contributed by atoms with van der Waals surface area (Å²) < 4.78 is 19.2. The molecular formula is C18H16FNO2. The zero-order valence-electron chi connectivity index (χ0n) is 12.4. The Morgan fingerprint density at radius 3 is 2.68 bits per heavy atom. The molecule has 3 nitrogen and oxygen atoms in total. The molecule has 1 aromatic heterocycles. The summed E-state index contributed by atoms with van der Waals surface area (Å²) in [4.78, 5) is 12.5. The van der Waals surface area contributed by atoms with Gasteiger partial charge in [-0.1, -0.05) is 37.3 Å². The molecule has 0 radical (unpaired) electrons. The Hall–Kier alpha value is -2.62. The van der Waals surface area contributed by atoms with Crippen LogP contribution in [0.15, 0.2) is 46.9 Å². The summed E-state index contributed by atoms with van der Waals surface area (Å²) in [6, 6.07) is 12.3. The van der Waals surface area contributed by atoms with E-state index in [0.717, 1.165) is 17.7 Å². The van der Waals surface area contributed by atoms with Crippen molar-refractivity contribution in [2.75, 3.05) is 5.32 Å². The number of nitrogens with one attached hydrogen (secondary N) is 1. The van der Waals surface area contributed by atoms with Gasteiger partial charge in [-0.3, -0.25) is 4.79 Å². The van der Waals surface area contributed by atoms with E-state index in [1.54, 1.807) is 19.1 Å². The quantitative estimate of drug-likeness (QED) is 0.761. The van der Waals surface area contributed by atoms with Crippen molar-refractivity contribution in [3.63, 3.8) is 0 Å². The second-order valence-electron chi connectivity index (χ2n) is 5.14. The van der Waals surface area contributed by atoms with E-state index in [1.165, 1.54) is 6.07 Å². The van der Waals surface area contributed by atoms with Gasteiger partial charge in [0.15, 0.2) is 17.2 Å². The minimum atomic E-state index is -0.464. The highest BCUT2D eigenvalue weighted by Gasteiger charge is 2.20. The van der Waals surface area contributed by atoms with Gasteiger partial charge in [0.2, 0.25) is 0 Å². The van der Waals surface area contributed by atoms with Gasteiger partial charge in [0.1, 0.15) is 0 Å². The van der Waals surface area contributed by atoms with E-state index in [2.05, 4.69) is 5.32 Å². The number of aryl methyl sites for hydroxylation is 2. The van der Waals surface area contributed by atoms with Crippen molar-refractivity contribution >= 4 is 22.6 Å². The summed E-state index contributed by atoms with van der Waals surface area (Å²) >= 11 is 0. The maximum absolute atomic E-state index is 13.8. The van der Waals surface area contributed by atoms with Gasteiger partial charge in [0, 0.05) is 16.6 Å². The van der Waals surface area contributed by atoms with Crippen molar-refractivity contribution in [3.05, 3.63) is 65.2 Å². The van der Waals surface area contributed by atoms with Gasteiger partial charge in [-0.15, -0.1) is 0 Å². The largest absolute Gasteiger partial charge is 0.448 e. The summed E-state index contributed by atoms with van der Waals surface area (Å²) in [5, 5.41) is 3.46. The van der Waals surface area contributed by atoms with Crippen molar-refractivity contribution < 1.29 is 13.6 Å². The maximum Gasteiger partial charge on any atom is 0.291 e. The average Bonchev–Trinajstić information content (AvgIpc) is 2.87. The predicted octanol–water partition coefficient (Wildman–Crippen LogP) is 4.70. The standard InChI is InChI=1S/C18H16FNO2/c1-3-12-7-4-5-10-15(12)20-18(21)16-11(2)13-8-6-9-14(19)17(13)22-16/h4-10H,3H2,1-2H3,(H,20,21). The Morgan fingerprint density at radius 1 is 1.18 bits per heavy atom. The first kappa shape index (κ1) is 14.3. The lowest BCUT2D eigenvalue weighted by Gasteiger charge is -2.08. The van der Waals surface area contributed by atoms with E-state index in [9.17, 15) is 9.18 Å². The normalized spacial score (nSPS) is 10.9. The molecule has 4 heteroatoms. The van der Waals surface area contributed by atoms with Gasteiger partial charge >= 0.3 is 0 Å². The van der Waals surface area contributed by atoms with Crippen LogP contribution in [0.1, 0.15) is 28.6 Å². The number of rotatable bonds is 3. The Morgan fingerprint density at radius 2 is 1.95 bits per heavy atom. The second-order valence-corrected chi connectivity index (χ2v) is 5.14. The molecule has 0 saturated carbocycles. The van der Waals surface area contributed by atoms with E-state index in [1.807, 2.05) is 31.2 Å². The topological polar surface area (TPSA) is 42.2 Å². The summed E-state index contributed by atoms with van der Waals surface area (Å²) in [6.45, 7) is 3.78. The molecule has 0 saturated heterocycles. The molecule has 0 aliphatic carbocycles. The van der Waals surface area contributed by atoms with Crippen LogP contribution in [0.4, 0.5) is 10.1 Å². The van der Waals surface area contributed by atoms with Crippen LogP contribution in [0.3, 0.4) is 0 Å². The second kappa shape index (κ2) is 5.64. The van der Waals surface area contributed by atoms with E-state index < -0.39 is 5.82 Å². The van der Waals surface area contributed by atoms with Gasteiger partial charge in [-0.2, -0.15) is 0 Å². The molecule has 0 bridgehead atoms. The minimum Gasteiger partial charge on any atom is -0.448 e. The number of amides is 1. The highest BCUT2D eigenvalue weighted by molar-refractivity contribution is 6.06. The zero-order valence-corrected chi connectivity index (χ0v) is 12.4. The van der Waals surface area contributed by atoms with Crippen LogP contribution >= 0.6 is 0 Å². The number of carbonyl (C=O) groups is 1. The first-order valence-corrected chi connectivity index (χ1v) is 7.18. The molecule has 0 aliphatic rings. The minimum absolute atomic E-state index is 0.119. The molecule has 0 atom stereocenters. The molecule has 0 aliphatic heterocycles. The molecule has 0 unspecified atom stereocenters. The van der Waals surface area contributed by atoms with Gasteiger partial charge in [-0.05, 0) is 31.0 Å². The Kier molecular flexibility index (Phi) is 3.67. The first-order chi connectivity index (χ1) is 10.6. The lowest BCUT2D eigenvalue weighted by molar-refractivity contribution is 0.0997. The molecule has 0 spiro atoms. The van der Waals surface area contributed by atoms with Crippen LogP contribution in [-0.2, 0) is 6.42 Å². The van der Waals surface area contributed by atoms with Gasteiger partial charge in [0.05, 0.1) is 0 Å². The number of halogens is 1. The molecule has 3 aromatic rings. The molecule has 2 aromatic carbocycles. The monoisotopic (exact) mass is 297 g/mol. The van der Waals surface area contributed by atoms with Crippen LogP contribution in [-0.4, -0.2) is 5.91 Å². The van der Waals surface area contributed by atoms with Gasteiger partial charge in [-0.25, -0.2) is 4.39 Å². The highest BCUT2D eigenvalue weighted by Crippen LogP contribution is 2.28. The smallest absolute Gasteiger partial charge is 0.291 e. The fourth-order valence-electron chi connectivity index (χ4n) is 2.56. The Bertz CT molecular complexity index is 851. The third kappa shape index (κ3) is 2.37. The van der Waals surface area contributed by atoms with Crippen molar-refractivity contribution in [1.82, 2.24) is 0 Å². The summed E-state index contributed by atoms with van der Waals surface area (Å²) in [5.41, 5.74) is 2.54. The van der Waals surface area contributed by atoms with Crippen molar-refractivity contribution in [3.8, 4) is 0 Å². The zero-order chi connectivity index (χ0) is 15.7. The fraction of sp³-hybridized carbons (Fsp3) is 0.167. The molecule has 22 heavy (non-hydrogen) atoms.